The van der Waals surface area contributed by atoms with E-state index in [0.717, 1.165) is 6.54 Å². The van der Waals surface area contributed by atoms with Crippen molar-refractivity contribution in [2.24, 2.45) is 0 Å². The molecule has 0 spiro atoms. The van der Waals surface area contributed by atoms with Crippen LogP contribution in [0.15, 0.2) is 0 Å². The van der Waals surface area contributed by atoms with Crippen molar-refractivity contribution < 1.29 is 0 Å². The van der Waals surface area contributed by atoms with Crippen LogP contribution in [-0.4, -0.2) is 19.4 Å². The van der Waals surface area contributed by atoms with E-state index in [9.17, 15) is 0 Å². The maximum absolute atomic E-state index is 3.47. The van der Waals surface area contributed by atoms with Crippen molar-refractivity contribution in [2.75, 3.05) is 6.54 Å². The van der Waals surface area contributed by atoms with E-state index in [4.69, 9.17) is 0 Å². The van der Waals surface area contributed by atoms with Crippen molar-refractivity contribution in [3.8, 4) is 0 Å². The first kappa shape index (κ1) is 11.0. The van der Waals surface area contributed by atoms with Crippen LogP contribution in [0.5, 0.6) is 0 Å². The van der Waals surface area contributed by atoms with Gasteiger partial charge in [0.2, 0.25) is 0 Å². The monoisotopic (exact) mass is 154 g/mol. The number of unbranched alkanes of at least 4 members (excludes halogenated alkanes) is 1. The van der Waals surface area contributed by atoms with Gasteiger partial charge in [0.05, 0.1) is 0 Å². The highest BCUT2D eigenvalue weighted by atomic mass is 14.9. The Bertz CT molecular complexity index is 86.1. The smallest absolute Gasteiger partial charge is 0.105 e. The van der Waals surface area contributed by atoms with Gasteiger partial charge in [0.1, 0.15) is 7.28 Å². The molecule has 0 bridgehead atoms. The second-order valence-electron chi connectivity index (χ2n) is 4.08. The molecule has 65 valence electrons. The van der Waals surface area contributed by atoms with Crippen LogP contribution in [0, 0.1) is 0 Å². The molecule has 0 fully saturated rings. The summed E-state index contributed by atoms with van der Waals surface area (Å²) in [6.45, 7) is 9.89. The summed E-state index contributed by atoms with van der Waals surface area (Å²) in [6, 6.07) is 0. The van der Waals surface area contributed by atoms with Gasteiger partial charge < -0.3 is 5.32 Å². The van der Waals surface area contributed by atoms with Crippen molar-refractivity contribution in [3.63, 3.8) is 0 Å². The van der Waals surface area contributed by atoms with Gasteiger partial charge in [-0.15, -0.1) is 0 Å². The van der Waals surface area contributed by atoms with Crippen molar-refractivity contribution in [2.45, 2.75) is 52.3 Å². The van der Waals surface area contributed by atoms with E-state index in [0.29, 0.717) is 0 Å². The number of rotatable bonds is 5. The number of hydrogen-bond acceptors (Lipinski definition) is 1. The molecule has 0 aromatic carbocycles. The molecule has 0 saturated heterocycles. The van der Waals surface area contributed by atoms with Crippen LogP contribution in [0.2, 0.25) is 13.1 Å². The van der Waals surface area contributed by atoms with Crippen LogP contribution < -0.4 is 5.32 Å². The summed E-state index contributed by atoms with van der Waals surface area (Å²) in [5.74, 6) is 0. The summed E-state index contributed by atoms with van der Waals surface area (Å²) in [7, 11) is 2.23. The van der Waals surface area contributed by atoms with E-state index in [1.807, 2.05) is 0 Å². The van der Waals surface area contributed by atoms with Gasteiger partial charge in [-0.05, 0) is 33.7 Å². The molecule has 0 aliphatic heterocycles. The van der Waals surface area contributed by atoms with Gasteiger partial charge in [-0.1, -0.05) is 19.6 Å². The molecule has 2 heteroatoms. The molecule has 0 saturated carbocycles. The Morgan fingerprint density at radius 2 is 1.82 bits per heavy atom. The molecular formula is C9H21BN. The number of nitrogens with one attached hydrogen (secondary N) is 1. The maximum atomic E-state index is 3.47. The zero-order chi connectivity index (χ0) is 8.74. The Morgan fingerprint density at radius 1 is 1.18 bits per heavy atom. The molecule has 1 nitrogen and oxygen atoms in total. The molecule has 1 radical (unpaired) electrons. The highest BCUT2D eigenvalue weighted by Gasteiger charge is 2.06. The summed E-state index contributed by atoms with van der Waals surface area (Å²) in [6.07, 6.45) is 3.87. The topological polar surface area (TPSA) is 12.0 Å². The molecule has 11 heavy (non-hydrogen) atoms. The van der Waals surface area contributed by atoms with Crippen LogP contribution >= 0.6 is 0 Å². The molecule has 0 aliphatic rings. The minimum atomic E-state index is 0.288. The fourth-order valence-corrected chi connectivity index (χ4v) is 0.937. The average Bonchev–Trinajstić information content (AvgIpc) is 1.85. The molecule has 0 amide bonds. The van der Waals surface area contributed by atoms with E-state index in [2.05, 4.69) is 40.2 Å². The van der Waals surface area contributed by atoms with Crippen LogP contribution in [0.1, 0.15) is 33.6 Å². The van der Waals surface area contributed by atoms with Crippen LogP contribution in [0.3, 0.4) is 0 Å². The minimum absolute atomic E-state index is 0.288. The average molecular weight is 154 g/mol. The third-order valence-electron chi connectivity index (χ3n) is 1.57. The zero-order valence-corrected chi connectivity index (χ0v) is 8.41. The second-order valence-corrected chi connectivity index (χ2v) is 4.08. The Labute approximate surface area is 72.2 Å². The highest BCUT2D eigenvalue weighted by molar-refractivity contribution is 6.33. The lowest BCUT2D eigenvalue weighted by atomic mass is 9.76. The Morgan fingerprint density at radius 3 is 2.27 bits per heavy atom. The predicted octanol–water partition coefficient (Wildman–Crippen LogP) is 2.33. The molecule has 0 aromatic rings. The Kier molecular flexibility index (Phi) is 5.66. The molecule has 0 aromatic heterocycles. The van der Waals surface area contributed by atoms with Gasteiger partial charge in [-0.3, -0.25) is 0 Å². The summed E-state index contributed by atoms with van der Waals surface area (Å²) in [5.41, 5.74) is 0.288. The molecule has 0 rings (SSSR count). The standard InChI is InChI=1S/C9H21BN/c1-9(2,3)11-8-6-5-7-10-4/h11H,5-8H2,1-4H3. The van der Waals surface area contributed by atoms with Gasteiger partial charge in [0.25, 0.3) is 0 Å². The molecule has 0 heterocycles. The third-order valence-corrected chi connectivity index (χ3v) is 1.57. The SMILES string of the molecule is C[B]CCCCNC(C)(C)C. The fraction of sp³-hybridized carbons (Fsp3) is 1.00. The van der Waals surface area contributed by atoms with Gasteiger partial charge in [-0.2, -0.15) is 0 Å². The van der Waals surface area contributed by atoms with Gasteiger partial charge in [-0.25, -0.2) is 0 Å². The first-order valence-electron chi connectivity index (χ1n) is 4.59. The highest BCUT2D eigenvalue weighted by Crippen LogP contribution is 2.00. The Balaban J connectivity index is 3.02. The van der Waals surface area contributed by atoms with Crippen LogP contribution in [0.25, 0.3) is 0 Å². The van der Waals surface area contributed by atoms with E-state index >= 15 is 0 Å². The lowest BCUT2D eigenvalue weighted by molar-refractivity contribution is 0.421. The quantitative estimate of drug-likeness (QED) is 0.473. The molecule has 0 aliphatic carbocycles. The lowest BCUT2D eigenvalue weighted by Gasteiger charge is -2.20. The lowest BCUT2D eigenvalue weighted by Crippen LogP contribution is -2.36. The van der Waals surface area contributed by atoms with Crippen molar-refractivity contribution in [1.82, 2.24) is 5.32 Å². The summed E-state index contributed by atoms with van der Waals surface area (Å²) in [5, 5.41) is 3.47. The fourth-order valence-electron chi connectivity index (χ4n) is 0.937. The largest absolute Gasteiger partial charge is 0.312 e. The molecule has 0 atom stereocenters. The summed E-state index contributed by atoms with van der Waals surface area (Å²) in [4.78, 5) is 0. The van der Waals surface area contributed by atoms with Crippen LogP contribution in [0.4, 0.5) is 0 Å². The first-order valence-corrected chi connectivity index (χ1v) is 4.59. The maximum Gasteiger partial charge on any atom is 0.105 e. The third kappa shape index (κ3) is 10.0. The minimum Gasteiger partial charge on any atom is -0.312 e. The second kappa shape index (κ2) is 5.65. The van der Waals surface area contributed by atoms with E-state index < -0.39 is 0 Å². The summed E-state index contributed by atoms with van der Waals surface area (Å²) < 4.78 is 0. The summed E-state index contributed by atoms with van der Waals surface area (Å²) >= 11 is 0. The Hall–Kier alpha value is 0.0249. The van der Waals surface area contributed by atoms with Crippen molar-refractivity contribution in [3.05, 3.63) is 0 Å². The van der Waals surface area contributed by atoms with Gasteiger partial charge in [0.15, 0.2) is 0 Å². The van der Waals surface area contributed by atoms with Crippen molar-refractivity contribution >= 4 is 7.28 Å². The first-order chi connectivity index (χ1) is 5.06. The molecule has 0 unspecified atom stereocenters. The molecule has 1 N–H and O–H groups in total. The van der Waals surface area contributed by atoms with Gasteiger partial charge >= 0.3 is 0 Å². The zero-order valence-electron chi connectivity index (χ0n) is 8.41. The normalized spacial score (nSPS) is 11.6. The number of hydrogen-bond donors (Lipinski definition) is 1. The predicted molar refractivity (Wildman–Crippen MR) is 53.4 cm³/mol. The van der Waals surface area contributed by atoms with Crippen LogP contribution in [-0.2, 0) is 0 Å². The van der Waals surface area contributed by atoms with E-state index in [1.54, 1.807) is 0 Å². The van der Waals surface area contributed by atoms with E-state index in [1.165, 1.54) is 19.2 Å². The van der Waals surface area contributed by atoms with Crippen molar-refractivity contribution in [1.29, 1.82) is 0 Å². The molecular weight excluding hydrogens is 133 g/mol. The van der Waals surface area contributed by atoms with Gasteiger partial charge in [0, 0.05) is 5.54 Å². The van der Waals surface area contributed by atoms with E-state index in [-0.39, 0.29) is 5.54 Å².